The van der Waals surface area contributed by atoms with Gasteiger partial charge in [-0.2, -0.15) is 24.0 Å². The zero-order valence-electron chi connectivity index (χ0n) is 26.4. The molecule has 0 aromatic carbocycles. The van der Waals surface area contributed by atoms with Crippen LogP contribution in [-0.2, 0) is 10.1 Å². The van der Waals surface area contributed by atoms with E-state index in [0.29, 0.717) is 49.5 Å². The molecule has 2 aliphatic carbocycles. The van der Waals surface area contributed by atoms with Crippen molar-refractivity contribution in [1.82, 2.24) is 25.2 Å². The number of nitrogens with zero attached hydrogens (tertiary/aromatic N) is 6. The van der Waals surface area contributed by atoms with E-state index in [2.05, 4.69) is 33.2 Å². The fraction of sp³-hybridized carbons (Fsp3) is 0.576. The van der Waals surface area contributed by atoms with Crippen LogP contribution in [0.25, 0.3) is 16.5 Å². The zero-order valence-corrected chi connectivity index (χ0v) is 28.0. The first-order valence-corrected chi connectivity index (χ1v) is 17.7. The minimum Gasteiger partial charge on any atom is -0.463 e. The number of hydrogen-bond acceptors (Lipinski definition) is 11. The third kappa shape index (κ3) is 5.51. The maximum atomic E-state index is 15.7. The highest BCUT2D eigenvalue weighted by Crippen LogP contribution is 2.54. The number of nitrogens with one attached hydrogen (secondary N) is 1. The number of piperazine rings is 1. The van der Waals surface area contributed by atoms with Crippen LogP contribution in [0.1, 0.15) is 43.9 Å². The van der Waals surface area contributed by atoms with Gasteiger partial charge in [0.2, 0.25) is 0 Å². The van der Waals surface area contributed by atoms with E-state index >= 15 is 8.78 Å². The van der Waals surface area contributed by atoms with Gasteiger partial charge >= 0.3 is 11.4 Å². The number of morpholine rings is 1. The Morgan fingerprint density at radius 1 is 1.27 bits per heavy atom. The van der Waals surface area contributed by atoms with Gasteiger partial charge in [-0.1, -0.05) is 24.8 Å². The van der Waals surface area contributed by atoms with Gasteiger partial charge in [-0.3, -0.25) is 9.88 Å². The molecule has 0 spiro atoms. The van der Waals surface area contributed by atoms with E-state index in [0.717, 1.165) is 57.2 Å². The van der Waals surface area contributed by atoms with Crippen LogP contribution >= 0.6 is 23.4 Å². The van der Waals surface area contributed by atoms with Gasteiger partial charge in [-0.15, -0.1) is 0 Å². The van der Waals surface area contributed by atoms with Crippen molar-refractivity contribution in [3.05, 3.63) is 46.0 Å². The number of nitriles is 1. The SMILES string of the molecule is CCC1CN(c2nc(OCC3(CN4C5COCC4C5)CC3)nc3c(C(F)(F)Cl)c(C4=CC=C(F)C5SC(N)=C(C#N)C45)ncc23)CCN1. The molecule has 3 N–H and O–H groups in total. The Hall–Kier alpha value is -3.09. The van der Waals surface area contributed by atoms with Crippen LogP contribution in [-0.4, -0.2) is 89.2 Å². The number of aromatic nitrogens is 3. The van der Waals surface area contributed by atoms with Crippen molar-refractivity contribution in [2.75, 3.05) is 50.9 Å². The van der Waals surface area contributed by atoms with Crippen LogP contribution in [0.3, 0.4) is 0 Å². The molecule has 2 aromatic heterocycles. The second kappa shape index (κ2) is 12.1. The summed E-state index contributed by atoms with van der Waals surface area (Å²) in [6.45, 7) is 6.70. The number of hydrogen-bond donors (Lipinski definition) is 2. The molecule has 15 heteroatoms. The van der Waals surface area contributed by atoms with Crippen LogP contribution in [0.15, 0.2) is 34.8 Å². The van der Waals surface area contributed by atoms with Crippen molar-refractivity contribution < 1.29 is 22.6 Å². The summed E-state index contributed by atoms with van der Waals surface area (Å²) >= 11 is 6.91. The summed E-state index contributed by atoms with van der Waals surface area (Å²) in [6.07, 6.45) is 8.07. The molecule has 0 radical (unpaired) electrons. The number of fused-ring (bicyclic) bond motifs is 4. The van der Waals surface area contributed by atoms with Crippen molar-refractivity contribution in [3.63, 3.8) is 0 Å². The number of ether oxygens (including phenoxy) is 2. The highest BCUT2D eigenvalue weighted by Gasteiger charge is 2.52. The molecule has 4 aliphatic heterocycles. The molecule has 5 unspecified atom stereocenters. The number of pyridine rings is 1. The molecular weight excluding hydrogens is 665 g/mol. The highest BCUT2D eigenvalue weighted by atomic mass is 35.5. The van der Waals surface area contributed by atoms with Gasteiger partial charge in [0.25, 0.3) is 0 Å². The van der Waals surface area contributed by atoms with Gasteiger partial charge in [-0.25, -0.2) is 4.39 Å². The van der Waals surface area contributed by atoms with Crippen molar-refractivity contribution >= 4 is 45.7 Å². The third-order valence-corrected chi connectivity index (χ3v) is 12.1. The molecule has 6 aliphatic rings. The van der Waals surface area contributed by atoms with Crippen LogP contribution in [0, 0.1) is 22.7 Å². The van der Waals surface area contributed by atoms with E-state index in [1.54, 1.807) is 0 Å². The van der Waals surface area contributed by atoms with Crippen molar-refractivity contribution in [2.45, 2.75) is 61.4 Å². The van der Waals surface area contributed by atoms with E-state index < -0.39 is 27.9 Å². The highest BCUT2D eigenvalue weighted by molar-refractivity contribution is 8.04. The summed E-state index contributed by atoms with van der Waals surface area (Å²) in [5, 5.41) is 9.05. The van der Waals surface area contributed by atoms with Crippen LogP contribution in [0.2, 0.25) is 0 Å². The summed E-state index contributed by atoms with van der Waals surface area (Å²) < 4.78 is 58.5. The molecule has 0 amide bonds. The fourth-order valence-electron chi connectivity index (χ4n) is 7.76. The minimum absolute atomic E-state index is 0.0125. The number of rotatable bonds is 9. The van der Waals surface area contributed by atoms with Crippen molar-refractivity contribution in [1.29, 1.82) is 5.26 Å². The second-order valence-electron chi connectivity index (χ2n) is 13.7. The van der Waals surface area contributed by atoms with Gasteiger partial charge in [0.05, 0.1) is 63.9 Å². The van der Waals surface area contributed by atoms with Crippen molar-refractivity contribution in [3.8, 4) is 12.1 Å². The average Bonchev–Trinajstić information content (AvgIpc) is 3.78. The van der Waals surface area contributed by atoms with Crippen LogP contribution in [0.5, 0.6) is 6.01 Å². The maximum Gasteiger partial charge on any atom is 0.352 e. The number of allylic oxidation sites excluding steroid dienone is 4. The van der Waals surface area contributed by atoms with Crippen molar-refractivity contribution in [2.24, 2.45) is 17.1 Å². The average molecular weight is 701 g/mol. The number of thioether (sulfide) groups is 1. The Balaban J connectivity index is 1.22. The van der Waals surface area contributed by atoms with Crippen LogP contribution in [0.4, 0.5) is 19.0 Å². The predicted molar refractivity (Wildman–Crippen MR) is 177 cm³/mol. The van der Waals surface area contributed by atoms with E-state index in [1.807, 2.05) is 4.90 Å². The standard InChI is InChI=1S/C33H36ClF3N8O2S/c1-2-17-12-44(8-7-40-17)30-22-11-41-26(20-3-4-23(35)28-24(20)21(10-38)29(39)48-28)25(33(34,36)37)27(22)42-31(43-30)47-16-32(5-6-32)15-45-18-9-19(45)14-46-13-18/h3-4,11,17-19,24,28,40H,2,5-9,12-16,39H2,1H3. The monoisotopic (exact) mass is 700 g/mol. The van der Waals surface area contributed by atoms with Gasteiger partial charge in [0.15, 0.2) is 0 Å². The van der Waals surface area contributed by atoms with Gasteiger partial charge in [-0.05, 0) is 48.9 Å². The number of halogens is 4. The normalized spacial score (nSPS) is 29.6. The molecule has 1 saturated carbocycles. The topological polar surface area (TPSA) is 125 Å². The largest absolute Gasteiger partial charge is 0.463 e. The molecule has 10 nitrogen and oxygen atoms in total. The minimum atomic E-state index is -3.93. The van der Waals surface area contributed by atoms with E-state index in [4.69, 9.17) is 31.8 Å². The lowest BCUT2D eigenvalue weighted by Crippen LogP contribution is -2.65. The Labute approximate surface area is 285 Å². The Morgan fingerprint density at radius 2 is 2.06 bits per heavy atom. The summed E-state index contributed by atoms with van der Waals surface area (Å²) in [7, 11) is 0. The van der Waals surface area contributed by atoms with E-state index in [9.17, 15) is 9.65 Å². The van der Waals surface area contributed by atoms with E-state index in [-0.39, 0.29) is 44.9 Å². The third-order valence-electron chi connectivity index (χ3n) is 10.7. The molecule has 8 rings (SSSR count). The molecule has 4 fully saturated rings. The molecule has 5 atom stereocenters. The summed E-state index contributed by atoms with van der Waals surface area (Å²) in [6, 6.07) is 3.09. The van der Waals surface area contributed by atoms with Gasteiger partial charge in [0, 0.05) is 61.8 Å². The Morgan fingerprint density at radius 3 is 2.75 bits per heavy atom. The van der Waals surface area contributed by atoms with Gasteiger partial charge in [0.1, 0.15) is 11.6 Å². The molecule has 2 aromatic rings. The summed E-state index contributed by atoms with van der Waals surface area (Å²) in [5.74, 6) is -0.978. The summed E-state index contributed by atoms with van der Waals surface area (Å²) in [5.41, 5.74) is 5.47. The Kier molecular flexibility index (Phi) is 8.07. The maximum absolute atomic E-state index is 15.7. The predicted octanol–water partition coefficient (Wildman–Crippen LogP) is 4.81. The smallest absolute Gasteiger partial charge is 0.352 e. The summed E-state index contributed by atoms with van der Waals surface area (Å²) in [4.78, 5) is 18.5. The van der Waals surface area contributed by atoms with E-state index in [1.165, 1.54) is 18.3 Å². The lowest BCUT2D eigenvalue weighted by atomic mass is 9.82. The molecular formula is C33H36ClF3N8O2S. The lowest BCUT2D eigenvalue weighted by molar-refractivity contribution is -0.135. The lowest BCUT2D eigenvalue weighted by Gasteiger charge is -2.53. The fourth-order valence-corrected chi connectivity index (χ4v) is 9.13. The number of anilines is 1. The molecule has 6 heterocycles. The first-order chi connectivity index (χ1) is 23.1. The number of nitrogens with two attached hydrogens (primary N) is 1. The van der Waals surface area contributed by atoms with Crippen LogP contribution < -0.4 is 20.7 Å². The quantitative estimate of drug-likeness (QED) is 0.350. The zero-order chi connectivity index (χ0) is 33.4. The molecule has 254 valence electrons. The first-order valence-electron chi connectivity index (χ1n) is 16.5. The second-order valence-corrected chi connectivity index (χ2v) is 15.4. The molecule has 48 heavy (non-hydrogen) atoms. The first kappa shape index (κ1) is 32.1. The van der Waals surface area contributed by atoms with Gasteiger partial charge < -0.3 is 25.4 Å². The number of alkyl halides is 3. The molecule has 3 saturated heterocycles. The Bertz CT molecular complexity index is 1780. The molecule has 2 bridgehead atoms.